The van der Waals surface area contributed by atoms with Crippen molar-refractivity contribution in [3.05, 3.63) is 35.9 Å². The zero-order chi connectivity index (χ0) is 11.5. The Hall–Kier alpha value is -1.35. The van der Waals surface area contributed by atoms with E-state index in [-0.39, 0.29) is 23.9 Å². The molecule has 0 aromatic heterocycles. The Balaban J connectivity index is 2.02. The number of hydrogen-bond donors (Lipinski definition) is 2. The van der Waals surface area contributed by atoms with Gasteiger partial charge in [-0.1, -0.05) is 37.3 Å². The van der Waals surface area contributed by atoms with Crippen molar-refractivity contribution in [3.8, 4) is 0 Å². The minimum Gasteiger partial charge on any atom is -0.351 e. The van der Waals surface area contributed by atoms with Gasteiger partial charge in [0, 0.05) is 12.1 Å². The van der Waals surface area contributed by atoms with Gasteiger partial charge < -0.3 is 11.1 Å². The van der Waals surface area contributed by atoms with E-state index in [4.69, 9.17) is 5.73 Å². The van der Waals surface area contributed by atoms with Crippen LogP contribution in [0.1, 0.15) is 31.2 Å². The molecule has 1 aliphatic rings. The monoisotopic (exact) mass is 218 g/mol. The summed E-state index contributed by atoms with van der Waals surface area (Å²) < 4.78 is 0. The van der Waals surface area contributed by atoms with Crippen molar-refractivity contribution in [2.75, 3.05) is 0 Å². The van der Waals surface area contributed by atoms with Crippen LogP contribution in [0.2, 0.25) is 0 Å². The topological polar surface area (TPSA) is 55.1 Å². The second-order valence-electron chi connectivity index (χ2n) is 4.39. The third kappa shape index (κ3) is 2.42. The third-order valence-electron chi connectivity index (χ3n) is 3.09. The van der Waals surface area contributed by atoms with Crippen molar-refractivity contribution in [2.24, 2.45) is 5.73 Å². The first-order valence-corrected chi connectivity index (χ1v) is 5.83. The van der Waals surface area contributed by atoms with E-state index in [0.29, 0.717) is 0 Å². The van der Waals surface area contributed by atoms with Gasteiger partial charge in [-0.25, -0.2) is 0 Å². The summed E-state index contributed by atoms with van der Waals surface area (Å²) in [7, 11) is 0. The Morgan fingerprint density at radius 1 is 1.50 bits per heavy atom. The number of carbonyl (C=O) groups is 1. The molecule has 3 N–H and O–H groups in total. The number of benzene rings is 1. The predicted octanol–water partition coefficient (Wildman–Crippen LogP) is 1.40. The highest BCUT2D eigenvalue weighted by Gasteiger charge is 2.36. The van der Waals surface area contributed by atoms with Gasteiger partial charge in [0.25, 0.3) is 0 Å². The van der Waals surface area contributed by atoms with Crippen molar-refractivity contribution < 1.29 is 4.79 Å². The molecule has 1 aromatic carbocycles. The van der Waals surface area contributed by atoms with E-state index in [1.165, 1.54) is 0 Å². The van der Waals surface area contributed by atoms with E-state index in [9.17, 15) is 4.79 Å². The van der Waals surface area contributed by atoms with Crippen LogP contribution < -0.4 is 11.1 Å². The number of rotatable bonds is 4. The molecule has 16 heavy (non-hydrogen) atoms. The van der Waals surface area contributed by atoms with Gasteiger partial charge in [-0.2, -0.15) is 0 Å². The van der Waals surface area contributed by atoms with Gasteiger partial charge in [-0.15, -0.1) is 0 Å². The zero-order valence-corrected chi connectivity index (χ0v) is 9.52. The zero-order valence-electron chi connectivity index (χ0n) is 9.52. The quantitative estimate of drug-likeness (QED) is 0.802. The molecule has 3 atom stereocenters. The van der Waals surface area contributed by atoms with Crippen molar-refractivity contribution in [2.45, 2.75) is 37.8 Å². The molecule has 0 bridgehead atoms. The number of carbonyl (C=O) groups excluding carboxylic acids is 1. The van der Waals surface area contributed by atoms with Gasteiger partial charge in [-0.3, -0.25) is 4.79 Å². The summed E-state index contributed by atoms with van der Waals surface area (Å²) in [6, 6.07) is 10.3. The summed E-state index contributed by atoms with van der Waals surface area (Å²) in [5.41, 5.74) is 6.76. The summed E-state index contributed by atoms with van der Waals surface area (Å²) in [6.45, 7) is 2.03. The van der Waals surface area contributed by atoms with E-state index < -0.39 is 0 Å². The van der Waals surface area contributed by atoms with Crippen molar-refractivity contribution in [3.63, 3.8) is 0 Å². The van der Waals surface area contributed by atoms with Crippen LogP contribution in [0.15, 0.2) is 30.3 Å². The molecule has 1 amide bonds. The largest absolute Gasteiger partial charge is 0.351 e. The fourth-order valence-electron chi connectivity index (χ4n) is 1.92. The minimum absolute atomic E-state index is 0.0472. The Bertz CT molecular complexity index is 363. The third-order valence-corrected chi connectivity index (χ3v) is 3.09. The van der Waals surface area contributed by atoms with Gasteiger partial charge >= 0.3 is 0 Å². The van der Waals surface area contributed by atoms with Gasteiger partial charge in [0.15, 0.2) is 0 Å². The number of amides is 1. The molecule has 3 unspecified atom stereocenters. The summed E-state index contributed by atoms with van der Waals surface area (Å²) >= 11 is 0. The maximum absolute atomic E-state index is 12.0. The van der Waals surface area contributed by atoms with E-state index in [1.807, 2.05) is 37.3 Å². The van der Waals surface area contributed by atoms with Crippen LogP contribution in [0.3, 0.4) is 0 Å². The highest BCUT2D eigenvalue weighted by Crippen LogP contribution is 2.23. The molecule has 0 aliphatic heterocycles. The van der Waals surface area contributed by atoms with Crippen LogP contribution >= 0.6 is 0 Å². The van der Waals surface area contributed by atoms with E-state index >= 15 is 0 Å². The van der Waals surface area contributed by atoms with Crippen LogP contribution in [0.25, 0.3) is 0 Å². The summed E-state index contributed by atoms with van der Waals surface area (Å²) in [6.07, 6.45) is 1.73. The predicted molar refractivity (Wildman–Crippen MR) is 64.0 cm³/mol. The first kappa shape index (κ1) is 11.1. The number of nitrogens with one attached hydrogen (secondary N) is 1. The Labute approximate surface area is 96.0 Å². The van der Waals surface area contributed by atoms with Gasteiger partial charge in [0.05, 0.1) is 5.92 Å². The van der Waals surface area contributed by atoms with Crippen molar-refractivity contribution in [1.82, 2.24) is 5.32 Å². The van der Waals surface area contributed by atoms with Crippen molar-refractivity contribution >= 4 is 5.91 Å². The summed E-state index contributed by atoms with van der Waals surface area (Å²) in [4.78, 5) is 12.0. The Kier molecular flexibility index (Phi) is 3.25. The molecule has 86 valence electrons. The Morgan fingerprint density at radius 3 is 2.62 bits per heavy atom. The molecule has 0 heterocycles. The highest BCUT2D eigenvalue weighted by molar-refractivity contribution is 5.84. The summed E-state index contributed by atoms with van der Waals surface area (Å²) in [5, 5.41) is 2.99. The molecule has 1 fully saturated rings. The first-order chi connectivity index (χ1) is 7.72. The molecule has 0 radical (unpaired) electrons. The Morgan fingerprint density at radius 2 is 2.12 bits per heavy atom. The fraction of sp³-hybridized carbons (Fsp3) is 0.462. The molecule has 0 saturated heterocycles. The molecule has 1 aromatic rings. The van der Waals surface area contributed by atoms with E-state index in [0.717, 1.165) is 18.4 Å². The molecule has 3 heteroatoms. The fourth-order valence-corrected chi connectivity index (χ4v) is 1.92. The molecule has 1 aliphatic carbocycles. The molecule has 0 spiro atoms. The van der Waals surface area contributed by atoms with Crippen LogP contribution in [0.5, 0.6) is 0 Å². The average Bonchev–Trinajstić information content (AvgIpc) is 2.96. The highest BCUT2D eigenvalue weighted by atomic mass is 16.2. The van der Waals surface area contributed by atoms with Gasteiger partial charge in [-0.05, 0) is 18.4 Å². The molecule has 2 rings (SSSR count). The lowest BCUT2D eigenvalue weighted by atomic mass is 9.96. The first-order valence-electron chi connectivity index (χ1n) is 5.83. The number of hydrogen-bond acceptors (Lipinski definition) is 2. The molecule has 3 nitrogen and oxygen atoms in total. The number of nitrogens with two attached hydrogens (primary N) is 1. The lowest BCUT2D eigenvalue weighted by Gasteiger charge is -2.15. The second-order valence-corrected chi connectivity index (χ2v) is 4.39. The van der Waals surface area contributed by atoms with Crippen molar-refractivity contribution in [1.29, 1.82) is 0 Å². The lowest BCUT2D eigenvalue weighted by molar-refractivity contribution is -0.122. The smallest absolute Gasteiger partial charge is 0.227 e. The van der Waals surface area contributed by atoms with Crippen LogP contribution in [0, 0.1) is 0 Å². The van der Waals surface area contributed by atoms with Crippen LogP contribution in [-0.2, 0) is 4.79 Å². The molecule has 1 saturated carbocycles. The maximum Gasteiger partial charge on any atom is 0.227 e. The normalized spacial score (nSPS) is 24.9. The van der Waals surface area contributed by atoms with Gasteiger partial charge in [0.2, 0.25) is 5.91 Å². The van der Waals surface area contributed by atoms with Crippen LogP contribution in [-0.4, -0.2) is 18.0 Å². The van der Waals surface area contributed by atoms with Gasteiger partial charge in [0.1, 0.15) is 0 Å². The SMILES string of the molecule is CCC(C(=O)NC1CC1N)c1ccccc1. The second kappa shape index (κ2) is 4.66. The molecular formula is C13H18N2O. The van der Waals surface area contributed by atoms with E-state index in [1.54, 1.807) is 0 Å². The average molecular weight is 218 g/mol. The minimum atomic E-state index is -0.0472. The summed E-state index contributed by atoms with van der Waals surface area (Å²) in [5.74, 6) is 0.0562. The van der Waals surface area contributed by atoms with Crippen LogP contribution in [0.4, 0.5) is 0 Å². The standard InChI is InChI=1S/C13H18N2O/c1-2-10(9-6-4-3-5-7-9)13(16)15-12-8-11(12)14/h3-7,10-12H,2,8,14H2,1H3,(H,15,16). The maximum atomic E-state index is 12.0. The molecular weight excluding hydrogens is 200 g/mol. The van der Waals surface area contributed by atoms with E-state index in [2.05, 4.69) is 5.32 Å². The lowest BCUT2D eigenvalue weighted by Crippen LogP contribution is -2.33.